The first-order valence-corrected chi connectivity index (χ1v) is 3.65. The number of nitrogen functional groups attached to an aromatic ring is 1. The van der Waals surface area contributed by atoms with Crippen LogP contribution in [0.25, 0.3) is 0 Å². The highest BCUT2D eigenvalue weighted by molar-refractivity contribution is 5.50. The molecule has 1 aromatic rings. The summed E-state index contributed by atoms with van der Waals surface area (Å²) in [4.78, 5) is 3.60. The van der Waals surface area contributed by atoms with Gasteiger partial charge in [0.1, 0.15) is 11.6 Å². The van der Waals surface area contributed by atoms with Crippen molar-refractivity contribution in [2.75, 3.05) is 12.8 Å². The van der Waals surface area contributed by atoms with Crippen LogP contribution in [0.5, 0.6) is 5.75 Å². The van der Waals surface area contributed by atoms with E-state index in [1.165, 1.54) is 20.2 Å². The van der Waals surface area contributed by atoms with Gasteiger partial charge in [-0.1, -0.05) is 0 Å². The van der Waals surface area contributed by atoms with E-state index in [4.69, 9.17) is 10.5 Å². The fourth-order valence-corrected chi connectivity index (χ4v) is 1.10. The van der Waals surface area contributed by atoms with Gasteiger partial charge in [0.2, 0.25) is 0 Å². The summed E-state index contributed by atoms with van der Waals surface area (Å²) < 4.78 is 29.7. The fourth-order valence-electron chi connectivity index (χ4n) is 1.10. The number of alkyl halides is 2. The van der Waals surface area contributed by atoms with Crippen LogP contribution in [0.4, 0.5) is 14.6 Å². The fraction of sp³-hybridized carbons (Fsp3) is 0.375. The molecule has 1 rings (SSSR count). The Balaban J connectivity index is 3.30. The molecule has 72 valence electrons. The van der Waals surface area contributed by atoms with Gasteiger partial charge in [0.15, 0.2) is 0 Å². The van der Waals surface area contributed by atoms with Crippen LogP contribution in [0.1, 0.15) is 17.6 Å². The largest absolute Gasteiger partial charge is 0.495 e. The maximum atomic E-state index is 12.4. The van der Waals surface area contributed by atoms with Crippen molar-refractivity contribution in [3.05, 3.63) is 17.3 Å². The van der Waals surface area contributed by atoms with E-state index in [0.717, 1.165) is 0 Å². The molecule has 0 radical (unpaired) electrons. The van der Waals surface area contributed by atoms with Crippen molar-refractivity contribution < 1.29 is 13.5 Å². The van der Waals surface area contributed by atoms with E-state index in [1.54, 1.807) is 0 Å². The number of halogens is 2. The number of hydrogen-bond donors (Lipinski definition) is 1. The average molecular weight is 188 g/mol. The van der Waals surface area contributed by atoms with Crippen molar-refractivity contribution in [2.24, 2.45) is 0 Å². The first kappa shape index (κ1) is 9.70. The van der Waals surface area contributed by atoms with Crippen LogP contribution < -0.4 is 10.5 Å². The Morgan fingerprint density at radius 2 is 2.15 bits per heavy atom. The Bertz CT molecular complexity index is 315. The van der Waals surface area contributed by atoms with Crippen LogP contribution in [0.15, 0.2) is 6.20 Å². The minimum Gasteiger partial charge on any atom is -0.495 e. The molecule has 0 amide bonds. The van der Waals surface area contributed by atoms with Crippen molar-refractivity contribution in [2.45, 2.75) is 13.3 Å². The zero-order valence-electron chi connectivity index (χ0n) is 7.34. The van der Waals surface area contributed by atoms with Gasteiger partial charge in [-0.15, -0.1) is 0 Å². The van der Waals surface area contributed by atoms with Crippen molar-refractivity contribution in [1.29, 1.82) is 0 Å². The molecule has 0 spiro atoms. The van der Waals surface area contributed by atoms with E-state index < -0.39 is 6.43 Å². The average Bonchev–Trinajstić information content (AvgIpc) is 2.04. The molecule has 0 aromatic carbocycles. The summed E-state index contributed by atoms with van der Waals surface area (Å²) in [5.41, 5.74) is 5.39. The standard InChI is InChI=1S/C8H10F2N2O/c1-4-5(13-2)3-12-8(11)6(4)7(9)10/h3,7H,1-2H3,(H2,11,12). The summed E-state index contributed by atoms with van der Waals surface area (Å²) >= 11 is 0. The van der Waals surface area contributed by atoms with E-state index in [1.807, 2.05) is 0 Å². The van der Waals surface area contributed by atoms with Crippen molar-refractivity contribution in [3.8, 4) is 5.75 Å². The summed E-state index contributed by atoms with van der Waals surface area (Å²) in [7, 11) is 1.40. The summed E-state index contributed by atoms with van der Waals surface area (Å²) in [6.07, 6.45) is -1.29. The maximum absolute atomic E-state index is 12.4. The molecule has 0 fully saturated rings. The van der Waals surface area contributed by atoms with Gasteiger partial charge in [-0.3, -0.25) is 0 Å². The minimum absolute atomic E-state index is 0.145. The highest BCUT2D eigenvalue weighted by Crippen LogP contribution is 2.31. The molecule has 0 saturated heterocycles. The zero-order valence-corrected chi connectivity index (χ0v) is 7.34. The maximum Gasteiger partial charge on any atom is 0.267 e. The summed E-state index contributed by atoms with van der Waals surface area (Å²) in [5.74, 6) is 0.179. The number of methoxy groups -OCH3 is 1. The predicted molar refractivity (Wildman–Crippen MR) is 44.9 cm³/mol. The van der Waals surface area contributed by atoms with E-state index in [0.29, 0.717) is 11.3 Å². The SMILES string of the molecule is COc1cnc(N)c(C(F)F)c1C. The highest BCUT2D eigenvalue weighted by Gasteiger charge is 2.18. The first-order chi connectivity index (χ1) is 6.07. The highest BCUT2D eigenvalue weighted by atomic mass is 19.3. The van der Waals surface area contributed by atoms with Crippen molar-refractivity contribution in [1.82, 2.24) is 4.98 Å². The second-order valence-corrected chi connectivity index (χ2v) is 2.55. The third-order valence-electron chi connectivity index (χ3n) is 1.81. The Hall–Kier alpha value is -1.39. The van der Waals surface area contributed by atoms with Gasteiger partial charge in [0, 0.05) is 5.56 Å². The lowest BCUT2D eigenvalue weighted by atomic mass is 10.1. The van der Waals surface area contributed by atoms with Crippen LogP contribution in [-0.2, 0) is 0 Å². The number of nitrogens with zero attached hydrogens (tertiary/aromatic N) is 1. The van der Waals surface area contributed by atoms with Gasteiger partial charge in [0.25, 0.3) is 6.43 Å². The topological polar surface area (TPSA) is 48.1 Å². The Morgan fingerprint density at radius 1 is 1.54 bits per heavy atom. The molecular formula is C8H10F2N2O. The quantitative estimate of drug-likeness (QED) is 0.771. The van der Waals surface area contributed by atoms with Crippen molar-refractivity contribution >= 4 is 5.82 Å². The molecule has 0 aliphatic rings. The number of rotatable bonds is 2. The van der Waals surface area contributed by atoms with E-state index in [-0.39, 0.29) is 11.4 Å². The second-order valence-electron chi connectivity index (χ2n) is 2.55. The van der Waals surface area contributed by atoms with Crippen LogP contribution in [0.2, 0.25) is 0 Å². The van der Waals surface area contributed by atoms with Crippen LogP contribution in [0.3, 0.4) is 0 Å². The Morgan fingerprint density at radius 3 is 2.62 bits per heavy atom. The molecule has 13 heavy (non-hydrogen) atoms. The number of anilines is 1. The third-order valence-corrected chi connectivity index (χ3v) is 1.81. The summed E-state index contributed by atoms with van der Waals surface area (Å²) in [6, 6.07) is 0. The lowest BCUT2D eigenvalue weighted by Gasteiger charge is -2.10. The molecule has 0 aliphatic carbocycles. The molecule has 1 heterocycles. The molecule has 2 N–H and O–H groups in total. The number of nitrogens with two attached hydrogens (primary N) is 1. The van der Waals surface area contributed by atoms with Gasteiger partial charge in [-0.05, 0) is 6.92 Å². The van der Waals surface area contributed by atoms with Gasteiger partial charge in [-0.2, -0.15) is 0 Å². The molecular weight excluding hydrogens is 178 g/mol. The van der Waals surface area contributed by atoms with E-state index in [9.17, 15) is 8.78 Å². The Labute approximate surface area is 74.5 Å². The normalized spacial score (nSPS) is 10.5. The zero-order chi connectivity index (χ0) is 10.0. The lowest BCUT2D eigenvalue weighted by Crippen LogP contribution is -2.02. The number of pyridine rings is 1. The molecule has 0 aliphatic heterocycles. The number of aromatic nitrogens is 1. The van der Waals surface area contributed by atoms with Crippen LogP contribution >= 0.6 is 0 Å². The first-order valence-electron chi connectivity index (χ1n) is 3.65. The summed E-state index contributed by atoms with van der Waals surface area (Å²) in [6.45, 7) is 1.53. The predicted octanol–water partition coefficient (Wildman–Crippen LogP) is 1.92. The Kier molecular flexibility index (Phi) is 2.65. The minimum atomic E-state index is -2.62. The van der Waals surface area contributed by atoms with Crippen molar-refractivity contribution in [3.63, 3.8) is 0 Å². The van der Waals surface area contributed by atoms with Gasteiger partial charge < -0.3 is 10.5 Å². The summed E-state index contributed by atoms with van der Waals surface area (Å²) in [5, 5.41) is 0. The van der Waals surface area contributed by atoms with Gasteiger partial charge in [-0.25, -0.2) is 13.8 Å². The second kappa shape index (κ2) is 3.55. The van der Waals surface area contributed by atoms with E-state index in [2.05, 4.69) is 4.98 Å². The third kappa shape index (κ3) is 1.68. The molecule has 0 unspecified atom stereocenters. The van der Waals surface area contributed by atoms with Crippen LogP contribution in [-0.4, -0.2) is 12.1 Å². The van der Waals surface area contributed by atoms with Gasteiger partial charge in [0.05, 0.1) is 18.9 Å². The molecule has 0 bridgehead atoms. The smallest absolute Gasteiger partial charge is 0.267 e. The molecule has 0 saturated carbocycles. The number of ether oxygens (including phenoxy) is 1. The van der Waals surface area contributed by atoms with Crippen LogP contribution in [0, 0.1) is 6.92 Å². The molecule has 0 atom stereocenters. The number of hydrogen-bond acceptors (Lipinski definition) is 3. The molecule has 3 nitrogen and oxygen atoms in total. The lowest BCUT2D eigenvalue weighted by molar-refractivity contribution is 0.150. The molecule has 1 aromatic heterocycles. The van der Waals surface area contributed by atoms with E-state index >= 15 is 0 Å². The van der Waals surface area contributed by atoms with Gasteiger partial charge >= 0.3 is 0 Å². The molecule has 5 heteroatoms. The monoisotopic (exact) mass is 188 g/mol.